The van der Waals surface area contributed by atoms with Crippen molar-refractivity contribution in [1.29, 1.82) is 0 Å². The van der Waals surface area contributed by atoms with Gasteiger partial charge in [0.05, 0.1) is 32.5 Å². The Morgan fingerprint density at radius 3 is 2.31 bits per heavy atom. The molecule has 6 nitrogen and oxygen atoms in total. The number of carbonyl (C=O) groups is 1. The number of hydrogen-bond donors (Lipinski definition) is 0. The van der Waals surface area contributed by atoms with Crippen molar-refractivity contribution in [3.63, 3.8) is 0 Å². The predicted octanol–water partition coefficient (Wildman–Crippen LogP) is 6.31. The fourth-order valence-electron chi connectivity index (χ4n) is 5.57. The van der Waals surface area contributed by atoms with Crippen molar-refractivity contribution in [1.82, 2.24) is 9.88 Å². The summed E-state index contributed by atoms with van der Waals surface area (Å²) >= 11 is 0. The van der Waals surface area contributed by atoms with Crippen LogP contribution in [0.15, 0.2) is 36.4 Å². The van der Waals surface area contributed by atoms with Crippen LogP contribution in [0.1, 0.15) is 56.1 Å². The fourth-order valence-corrected chi connectivity index (χ4v) is 5.57. The Hall–Kier alpha value is -3.28. The van der Waals surface area contributed by atoms with Gasteiger partial charge in [0.25, 0.3) is 0 Å². The molecule has 2 aromatic carbocycles. The third kappa shape index (κ3) is 4.61. The molecule has 1 aromatic heterocycles. The SMILES string of the molecule is COc1cc2nc(-c3ccccc3C)c(CN(C(=O)C3CCCCC3)C3CC3)cc2c(OC)c1OC. The van der Waals surface area contributed by atoms with Crippen molar-refractivity contribution in [2.45, 2.75) is 64.5 Å². The first kappa shape index (κ1) is 24.4. The Kier molecular flexibility index (Phi) is 7.04. The smallest absolute Gasteiger partial charge is 0.226 e. The molecule has 0 radical (unpaired) electrons. The molecule has 36 heavy (non-hydrogen) atoms. The summed E-state index contributed by atoms with van der Waals surface area (Å²) in [6, 6.07) is 12.6. The van der Waals surface area contributed by atoms with Crippen LogP contribution in [0.3, 0.4) is 0 Å². The average Bonchev–Trinajstić information content (AvgIpc) is 3.76. The topological polar surface area (TPSA) is 60.9 Å². The molecule has 190 valence electrons. The van der Waals surface area contributed by atoms with Gasteiger partial charge in [-0.2, -0.15) is 0 Å². The molecular formula is C30H36N2O4. The van der Waals surface area contributed by atoms with E-state index in [0.29, 0.717) is 35.7 Å². The molecular weight excluding hydrogens is 452 g/mol. The van der Waals surface area contributed by atoms with Gasteiger partial charge in [-0.3, -0.25) is 4.79 Å². The van der Waals surface area contributed by atoms with Gasteiger partial charge in [0.1, 0.15) is 0 Å². The van der Waals surface area contributed by atoms with Crippen LogP contribution in [0.5, 0.6) is 17.2 Å². The number of fused-ring (bicyclic) bond motifs is 1. The van der Waals surface area contributed by atoms with E-state index in [1.165, 1.54) is 6.42 Å². The normalized spacial score (nSPS) is 16.1. The summed E-state index contributed by atoms with van der Waals surface area (Å²) in [5.74, 6) is 2.17. The van der Waals surface area contributed by atoms with E-state index >= 15 is 0 Å². The Morgan fingerprint density at radius 1 is 0.944 bits per heavy atom. The highest BCUT2D eigenvalue weighted by Crippen LogP contribution is 2.45. The molecule has 1 amide bonds. The Labute approximate surface area is 213 Å². The molecule has 2 aliphatic carbocycles. The number of benzene rings is 2. The van der Waals surface area contributed by atoms with Crippen LogP contribution in [0.2, 0.25) is 0 Å². The number of amides is 1. The van der Waals surface area contributed by atoms with E-state index < -0.39 is 0 Å². The molecule has 0 spiro atoms. The van der Waals surface area contributed by atoms with Gasteiger partial charge in [-0.15, -0.1) is 0 Å². The lowest BCUT2D eigenvalue weighted by atomic mass is 9.88. The third-order valence-electron chi connectivity index (χ3n) is 7.67. The molecule has 0 atom stereocenters. The summed E-state index contributed by atoms with van der Waals surface area (Å²) in [5.41, 5.74) is 4.91. The van der Waals surface area contributed by atoms with E-state index in [1.54, 1.807) is 21.3 Å². The number of methoxy groups -OCH3 is 3. The summed E-state index contributed by atoms with van der Waals surface area (Å²) in [4.78, 5) is 21.0. The van der Waals surface area contributed by atoms with Crippen molar-refractivity contribution >= 4 is 16.8 Å². The number of aryl methyl sites for hydroxylation is 1. The second-order valence-electron chi connectivity index (χ2n) is 10.1. The fraction of sp³-hybridized carbons (Fsp3) is 0.467. The van der Waals surface area contributed by atoms with Crippen LogP contribution < -0.4 is 14.2 Å². The minimum Gasteiger partial charge on any atom is -0.493 e. The van der Waals surface area contributed by atoms with Gasteiger partial charge in [0.15, 0.2) is 11.5 Å². The molecule has 0 unspecified atom stereocenters. The Bertz CT molecular complexity index is 1260. The zero-order valence-corrected chi connectivity index (χ0v) is 21.8. The van der Waals surface area contributed by atoms with Crippen molar-refractivity contribution in [2.75, 3.05) is 21.3 Å². The van der Waals surface area contributed by atoms with Crippen LogP contribution in [0, 0.1) is 12.8 Å². The Morgan fingerprint density at radius 2 is 1.67 bits per heavy atom. The summed E-state index contributed by atoms with van der Waals surface area (Å²) in [6.07, 6.45) is 7.71. The number of pyridine rings is 1. The largest absolute Gasteiger partial charge is 0.493 e. The molecule has 5 rings (SSSR count). The second kappa shape index (κ2) is 10.4. The summed E-state index contributed by atoms with van der Waals surface area (Å²) in [7, 11) is 4.86. The standard InChI is InChI=1S/C30H36N2O4/c1-19-10-8-9-13-23(19)27-21(18-32(22-14-15-22)30(33)20-11-6-5-7-12-20)16-24-25(31-27)17-26(34-2)29(36-4)28(24)35-3/h8-10,13,16-17,20,22H,5-7,11-12,14-15,18H2,1-4H3. The van der Waals surface area contributed by atoms with Crippen molar-refractivity contribution < 1.29 is 19.0 Å². The number of nitrogens with zero attached hydrogens (tertiary/aromatic N) is 2. The summed E-state index contributed by atoms with van der Waals surface area (Å²) in [5, 5.41) is 0.850. The zero-order valence-electron chi connectivity index (χ0n) is 21.8. The monoisotopic (exact) mass is 488 g/mol. The van der Waals surface area contributed by atoms with Crippen molar-refractivity contribution in [3.05, 3.63) is 47.5 Å². The Balaban J connectivity index is 1.66. The van der Waals surface area contributed by atoms with Gasteiger partial charge < -0.3 is 19.1 Å². The molecule has 2 fully saturated rings. The van der Waals surface area contributed by atoms with Gasteiger partial charge in [-0.25, -0.2) is 4.98 Å². The maximum atomic E-state index is 13.7. The van der Waals surface area contributed by atoms with Gasteiger partial charge in [0, 0.05) is 35.5 Å². The van der Waals surface area contributed by atoms with Gasteiger partial charge in [-0.05, 0) is 49.8 Å². The van der Waals surface area contributed by atoms with Crippen LogP contribution in [0.4, 0.5) is 0 Å². The first-order chi connectivity index (χ1) is 17.5. The van der Waals surface area contributed by atoms with Gasteiger partial charge in [0.2, 0.25) is 11.7 Å². The van der Waals surface area contributed by atoms with E-state index in [9.17, 15) is 4.79 Å². The average molecular weight is 489 g/mol. The molecule has 6 heteroatoms. The molecule has 0 saturated heterocycles. The number of ether oxygens (including phenoxy) is 3. The molecule has 3 aromatic rings. The van der Waals surface area contributed by atoms with Crippen LogP contribution in [0.25, 0.3) is 22.2 Å². The molecule has 0 N–H and O–H groups in total. The van der Waals surface area contributed by atoms with Crippen molar-refractivity contribution in [2.24, 2.45) is 5.92 Å². The number of carbonyl (C=O) groups excluding carboxylic acids is 1. The minimum absolute atomic E-state index is 0.147. The van der Waals surface area contributed by atoms with Crippen LogP contribution in [-0.2, 0) is 11.3 Å². The lowest BCUT2D eigenvalue weighted by molar-refractivity contribution is -0.137. The van der Waals surface area contributed by atoms with Gasteiger partial charge >= 0.3 is 0 Å². The van der Waals surface area contributed by atoms with Crippen LogP contribution in [-0.4, -0.2) is 43.2 Å². The highest BCUT2D eigenvalue weighted by atomic mass is 16.5. The molecule has 2 aliphatic rings. The minimum atomic E-state index is 0.147. The maximum Gasteiger partial charge on any atom is 0.226 e. The quantitative estimate of drug-likeness (QED) is 0.372. The second-order valence-corrected chi connectivity index (χ2v) is 10.1. The maximum absolute atomic E-state index is 13.7. The first-order valence-electron chi connectivity index (χ1n) is 13.0. The number of hydrogen-bond acceptors (Lipinski definition) is 5. The predicted molar refractivity (Wildman–Crippen MR) is 142 cm³/mol. The van der Waals surface area contributed by atoms with E-state index in [4.69, 9.17) is 19.2 Å². The zero-order chi connectivity index (χ0) is 25.2. The molecule has 0 bridgehead atoms. The van der Waals surface area contributed by atoms with Crippen molar-refractivity contribution in [3.8, 4) is 28.5 Å². The van der Waals surface area contributed by atoms with E-state index in [0.717, 1.165) is 71.8 Å². The highest BCUT2D eigenvalue weighted by Gasteiger charge is 2.37. The van der Waals surface area contributed by atoms with Crippen LogP contribution >= 0.6 is 0 Å². The van der Waals surface area contributed by atoms with E-state index in [2.05, 4.69) is 30.0 Å². The summed E-state index contributed by atoms with van der Waals surface area (Å²) in [6.45, 7) is 2.65. The van der Waals surface area contributed by atoms with Gasteiger partial charge in [-0.1, -0.05) is 43.5 Å². The third-order valence-corrected chi connectivity index (χ3v) is 7.67. The lowest BCUT2D eigenvalue weighted by Crippen LogP contribution is -2.38. The molecule has 0 aliphatic heterocycles. The molecule has 1 heterocycles. The number of rotatable bonds is 8. The number of aromatic nitrogens is 1. The summed E-state index contributed by atoms with van der Waals surface area (Å²) < 4.78 is 17.0. The first-order valence-corrected chi connectivity index (χ1v) is 13.0. The van der Waals surface area contributed by atoms with E-state index in [1.807, 2.05) is 18.2 Å². The highest BCUT2D eigenvalue weighted by molar-refractivity contribution is 5.93. The lowest BCUT2D eigenvalue weighted by Gasteiger charge is -2.30. The molecule has 2 saturated carbocycles. The van der Waals surface area contributed by atoms with E-state index in [-0.39, 0.29) is 5.92 Å².